The minimum atomic E-state index is -0.483. The zero-order valence-electron chi connectivity index (χ0n) is 17.9. The molecule has 0 saturated carbocycles. The quantitative estimate of drug-likeness (QED) is 0.448. The number of nitrogens with zero attached hydrogens (tertiary/aromatic N) is 1. The highest BCUT2D eigenvalue weighted by molar-refractivity contribution is 6.32. The topological polar surface area (TPSA) is 107 Å². The summed E-state index contributed by atoms with van der Waals surface area (Å²) in [5, 5.41) is 7.05. The lowest BCUT2D eigenvalue weighted by molar-refractivity contribution is -0.115. The lowest BCUT2D eigenvalue weighted by Gasteiger charge is -2.13. The fourth-order valence-electron chi connectivity index (χ4n) is 2.62. The minimum absolute atomic E-state index is 0.0614. The van der Waals surface area contributed by atoms with E-state index < -0.39 is 5.91 Å². The summed E-state index contributed by atoms with van der Waals surface area (Å²) in [6.45, 7) is 1.62. The van der Waals surface area contributed by atoms with E-state index in [0.717, 1.165) is 0 Å². The summed E-state index contributed by atoms with van der Waals surface area (Å²) in [4.78, 5) is 24.8. The molecule has 0 aromatic heterocycles. The Kier molecular flexibility index (Phi) is 8.51. The molecule has 31 heavy (non-hydrogen) atoms. The predicted molar refractivity (Wildman–Crippen MR) is 118 cm³/mol. The number of carbonyl (C=O) groups excluding carboxylic acids is 2. The number of ether oxygens (including phenoxy) is 4. The molecule has 0 aliphatic heterocycles. The lowest BCUT2D eigenvalue weighted by Crippen LogP contribution is -2.22. The van der Waals surface area contributed by atoms with Crippen LogP contribution in [0.4, 0.5) is 5.69 Å². The number of methoxy groups -OCH3 is 4. The van der Waals surface area contributed by atoms with Gasteiger partial charge in [-0.1, -0.05) is 11.6 Å². The molecule has 0 aliphatic carbocycles. The summed E-state index contributed by atoms with van der Waals surface area (Å²) in [5.74, 6) is 0.825. The van der Waals surface area contributed by atoms with Gasteiger partial charge in [-0.2, -0.15) is 5.10 Å². The van der Waals surface area contributed by atoms with Gasteiger partial charge >= 0.3 is 0 Å². The Morgan fingerprint density at radius 2 is 1.61 bits per heavy atom. The minimum Gasteiger partial charge on any atom is -0.497 e. The number of benzene rings is 2. The van der Waals surface area contributed by atoms with E-state index in [0.29, 0.717) is 39.4 Å². The van der Waals surface area contributed by atoms with E-state index >= 15 is 0 Å². The SMILES string of the molecule is COc1ccc(C(=O)N/N=C(/C)CC(=O)Nc2cc(OC)c(Cl)cc2OC)c(OC)c1. The third-order valence-electron chi connectivity index (χ3n) is 4.17. The summed E-state index contributed by atoms with van der Waals surface area (Å²) >= 11 is 6.07. The first kappa shape index (κ1) is 23.8. The standard InChI is InChI=1S/C21H24ClN3O6/c1-12(24-25-21(27)14-7-6-13(28-2)9-17(14)29-3)8-20(26)23-16-11-18(30-4)15(22)10-19(16)31-5/h6-7,9-11H,8H2,1-5H3,(H,23,26)(H,25,27)/b24-12-. The summed E-state index contributed by atoms with van der Waals surface area (Å²) in [6, 6.07) is 7.88. The number of carbonyl (C=O) groups is 2. The molecule has 2 amide bonds. The number of hydrogen-bond donors (Lipinski definition) is 2. The van der Waals surface area contributed by atoms with Crippen molar-refractivity contribution in [3.8, 4) is 23.0 Å². The van der Waals surface area contributed by atoms with Crippen molar-refractivity contribution in [1.29, 1.82) is 0 Å². The first-order valence-electron chi connectivity index (χ1n) is 9.09. The van der Waals surface area contributed by atoms with E-state index in [2.05, 4.69) is 15.8 Å². The molecule has 0 spiro atoms. The molecular weight excluding hydrogens is 426 g/mol. The molecule has 9 nitrogen and oxygen atoms in total. The zero-order valence-corrected chi connectivity index (χ0v) is 18.6. The van der Waals surface area contributed by atoms with Gasteiger partial charge in [-0.3, -0.25) is 9.59 Å². The monoisotopic (exact) mass is 449 g/mol. The fraction of sp³-hybridized carbons (Fsp3) is 0.286. The van der Waals surface area contributed by atoms with Gasteiger partial charge in [-0.15, -0.1) is 0 Å². The van der Waals surface area contributed by atoms with Crippen LogP contribution < -0.4 is 29.7 Å². The normalized spacial score (nSPS) is 10.8. The first-order chi connectivity index (χ1) is 14.8. The Morgan fingerprint density at radius 3 is 2.23 bits per heavy atom. The molecular formula is C21H24ClN3O6. The van der Waals surface area contributed by atoms with Gasteiger partial charge in [-0.05, 0) is 19.1 Å². The van der Waals surface area contributed by atoms with Gasteiger partial charge < -0.3 is 24.3 Å². The van der Waals surface area contributed by atoms with E-state index in [-0.39, 0.29) is 17.9 Å². The highest BCUT2D eigenvalue weighted by Crippen LogP contribution is 2.35. The first-order valence-corrected chi connectivity index (χ1v) is 9.47. The smallest absolute Gasteiger partial charge is 0.275 e. The number of hydrogen-bond acceptors (Lipinski definition) is 7. The molecule has 0 unspecified atom stereocenters. The average Bonchev–Trinajstić information content (AvgIpc) is 2.77. The second-order valence-corrected chi connectivity index (χ2v) is 6.67. The summed E-state index contributed by atoms with van der Waals surface area (Å²) in [6.07, 6.45) is -0.0614. The van der Waals surface area contributed by atoms with E-state index in [1.165, 1.54) is 28.4 Å². The Bertz CT molecular complexity index is 993. The lowest BCUT2D eigenvalue weighted by atomic mass is 10.2. The molecule has 10 heteroatoms. The second kappa shape index (κ2) is 11.1. The van der Waals surface area contributed by atoms with Gasteiger partial charge in [0.1, 0.15) is 23.0 Å². The van der Waals surface area contributed by atoms with Gasteiger partial charge in [0.15, 0.2) is 0 Å². The summed E-state index contributed by atoms with van der Waals surface area (Å²) < 4.78 is 20.7. The van der Waals surface area contributed by atoms with Gasteiger partial charge in [0.25, 0.3) is 5.91 Å². The number of anilines is 1. The molecule has 166 valence electrons. The van der Waals surface area contributed by atoms with Crippen molar-refractivity contribution in [2.75, 3.05) is 33.8 Å². The van der Waals surface area contributed by atoms with Crippen molar-refractivity contribution in [2.24, 2.45) is 5.10 Å². The van der Waals surface area contributed by atoms with Gasteiger partial charge in [0.05, 0.1) is 51.1 Å². The molecule has 0 bridgehead atoms. The van der Waals surface area contributed by atoms with E-state index in [4.69, 9.17) is 30.5 Å². The molecule has 0 radical (unpaired) electrons. The fourth-order valence-corrected chi connectivity index (χ4v) is 2.85. The van der Waals surface area contributed by atoms with Crippen LogP contribution in [0.25, 0.3) is 0 Å². The van der Waals surface area contributed by atoms with Crippen LogP contribution in [0, 0.1) is 0 Å². The molecule has 0 fully saturated rings. The molecule has 0 heterocycles. The number of amides is 2. The van der Waals surface area contributed by atoms with Crippen LogP contribution in [0.2, 0.25) is 5.02 Å². The Balaban J connectivity index is 2.04. The van der Waals surface area contributed by atoms with E-state index in [1.54, 1.807) is 37.3 Å². The van der Waals surface area contributed by atoms with Crippen LogP contribution in [0.3, 0.4) is 0 Å². The third-order valence-corrected chi connectivity index (χ3v) is 4.46. The maximum atomic E-state index is 12.4. The number of hydrazone groups is 1. The highest BCUT2D eigenvalue weighted by atomic mass is 35.5. The Hall–Kier alpha value is -3.46. The molecule has 2 aromatic rings. The number of rotatable bonds is 9. The number of nitrogens with one attached hydrogen (secondary N) is 2. The van der Waals surface area contributed by atoms with Crippen molar-refractivity contribution in [3.63, 3.8) is 0 Å². The van der Waals surface area contributed by atoms with Crippen LogP contribution in [-0.2, 0) is 4.79 Å². The predicted octanol–water partition coefficient (Wildman–Crippen LogP) is 3.51. The second-order valence-electron chi connectivity index (χ2n) is 6.27. The molecule has 0 aliphatic rings. The molecule has 0 saturated heterocycles. The van der Waals surface area contributed by atoms with Crippen LogP contribution in [-0.4, -0.2) is 46.0 Å². The zero-order chi connectivity index (χ0) is 23.0. The maximum Gasteiger partial charge on any atom is 0.275 e. The van der Waals surface area contributed by atoms with E-state index in [1.807, 2.05) is 0 Å². The Morgan fingerprint density at radius 1 is 0.935 bits per heavy atom. The summed E-state index contributed by atoms with van der Waals surface area (Å²) in [7, 11) is 5.90. The molecule has 2 rings (SSSR count). The number of halogens is 1. The van der Waals surface area contributed by atoms with Crippen molar-refractivity contribution in [3.05, 3.63) is 40.9 Å². The van der Waals surface area contributed by atoms with Crippen molar-refractivity contribution in [2.45, 2.75) is 13.3 Å². The average molecular weight is 450 g/mol. The molecule has 2 aromatic carbocycles. The largest absolute Gasteiger partial charge is 0.497 e. The third kappa shape index (κ3) is 6.26. The Labute approximate surface area is 185 Å². The van der Waals surface area contributed by atoms with Gasteiger partial charge in [-0.25, -0.2) is 5.43 Å². The van der Waals surface area contributed by atoms with Crippen LogP contribution in [0.1, 0.15) is 23.7 Å². The van der Waals surface area contributed by atoms with Crippen LogP contribution in [0.5, 0.6) is 23.0 Å². The highest BCUT2D eigenvalue weighted by Gasteiger charge is 2.15. The van der Waals surface area contributed by atoms with Gasteiger partial charge in [0.2, 0.25) is 5.91 Å². The van der Waals surface area contributed by atoms with Crippen molar-refractivity contribution >= 4 is 34.8 Å². The van der Waals surface area contributed by atoms with Gasteiger partial charge in [0, 0.05) is 23.9 Å². The van der Waals surface area contributed by atoms with E-state index in [9.17, 15) is 9.59 Å². The molecule has 0 atom stereocenters. The molecule has 2 N–H and O–H groups in total. The summed E-state index contributed by atoms with van der Waals surface area (Å²) in [5.41, 5.74) is 3.48. The van der Waals surface area contributed by atoms with Crippen LogP contribution in [0.15, 0.2) is 35.4 Å². The van der Waals surface area contributed by atoms with Crippen molar-refractivity contribution in [1.82, 2.24) is 5.43 Å². The maximum absolute atomic E-state index is 12.4. The van der Waals surface area contributed by atoms with Crippen LogP contribution >= 0.6 is 11.6 Å². The van der Waals surface area contributed by atoms with Crippen molar-refractivity contribution < 1.29 is 28.5 Å².